The first-order valence-corrected chi connectivity index (χ1v) is 5.47. The molecule has 1 aliphatic heterocycles. The summed E-state index contributed by atoms with van der Waals surface area (Å²) in [4.78, 5) is 0. The lowest BCUT2D eigenvalue weighted by atomic mass is 9.87. The zero-order valence-electron chi connectivity index (χ0n) is 8.97. The highest BCUT2D eigenvalue weighted by atomic mass is 19.2. The molecule has 2 N–H and O–H groups in total. The molecule has 0 aliphatic carbocycles. The maximum Gasteiger partial charge on any atom is 0.162 e. The smallest absolute Gasteiger partial charge is 0.162 e. The molecule has 1 atom stereocenters. The summed E-state index contributed by atoms with van der Waals surface area (Å²) in [5.74, 6) is -1.70. The molecule has 1 aliphatic rings. The number of benzene rings is 1. The summed E-state index contributed by atoms with van der Waals surface area (Å²) in [6.07, 6.45) is 1.63. The van der Waals surface area contributed by atoms with Crippen LogP contribution in [0.15, 0.2) is 18.2 Å². The molecule has 0 bridgehead atoms. The van der Waals surface area contributed by atoms with E-state index in [4.69, 9.17) is 0 Å². The van der Waals surface area contributed by atoms with Gasteiger partial charge in [0, 0.05) is 13.0 Å². The van der Waals surface area contributed by atoms with Crippen molar-refractivity contribution in [2.24, 2.45) is 0 Å². The highest BCUT2D eigenvalue weighted by molar-refractivity contribution is 5.21. The molecule has 0 saturated carbocycles. The van der Waals surface area contributed by atoms with E-state index in [0.29, 0.717) is 13.0 Å². The predicted molar refractivity (Wildman–Crippen MR) is 57.1 cm³/mol. The molecule has 88 valence electrons. The van der Waals surface area contributed by atoms with Crippen LogP contribution < -0.4 is 5.32 Å². The summed E-state index contributed by atoms with van der Waals surface area (Å²) in [6, 6.07) is 4.07. The summed E-state index contributed by atoms with van der Waals surface area (Å²) in [6.45, 7) is 1.30. The standard InChI is InChI=1S/C12H15F2NO/c13-10-4-1-3-9(11(10)14)7-12(16)5-2-6-15-8-12/h1,3-4,15-16H,2,5-8H2. The lowest BCUT2D eigenvalue weighted by Gasteiger charge is -2.32. The molecule has 2 nitrogen and oxygen atoms in total. The quantitative estimate of drug-likeness (QED) is 0.804. The van der Waals surface area contributed by atoms with Gasteiger partial charge in [0.25, 0.3) is 0 Å². The van der Waals surface area contributed by atoms with Crippen molar-refractivity contribution in [3.63, 3.8) is 0 Å². The summed E-state index contributed by atoms with van der Waals surface area (Å²) in [5.41, 5.74) is -0.710. The molecule has 16 heavy (non-hydrogen) atoms. The maximum atomic E-state index is 13.4. The summed E-state index contributed by atoms with van der Waals surface area (Å²) < 4.78 is 26.4. The summed E-state index contributed by atoms with van der Waals surface area (Å²) in [5, 5.41) is 13.3. The lowest BCUT2D eigenvalue weighted by molar-refractivity contribution is 0.0161. The molecule has 1 aromatic rings. The molecule has 2 rings (SSSR count). The van der Waals surface area contributed by atoms with Gasteiger partial charge in [-0.2, -0.15) is 0 Å². The average molecular weight is 227 g/mol. The first-order valence-electron chi connectivity index (χ1n) is 5.47. The van der Waals surface area contributed by atoms with Gasteiger partial charge in [-0.05, 0) is 31.0 Å². The Kier molecular flexibility index (Phi) is 3.21. The fourth-order valence-corrected chi connectivity index (χ4v) is 2.14. The number of β-amino-alcohol motifs (C(OH)–C–C–N with tert-alkyl or cyclic N) is 1. The molecule has 1 aromatic carbocycles. The highest BCUT2D eigenvalue weighted by Crippen LogP contribution is 2.23. The van der Waals surface area contributed by atoms with E-state index in [-0.39, 0.29) is 12.0 Å². The maximum absolute atomic E-state index is 13.4. The fourth-order valence-electron chi connectivity index (χ4n) is 2.14. The van der Waals surface area contributed by atoms with Crippen LogP contribution in [-0.2, 0) is 6.42 Å². The Morgan fingerprint density at radius 3 is 2.88 bits per heavy atom. The Balaban J connectivity index is 2.16. The van der Waals surface area contributed by atoms with Crippen LogP contribution in [0.5, 0.6) is 0 Å². The monoisotopic (exact) mass is 227 g/mol. The largest absolute Gasteiger partial charge is 0.388 e. The third-order valence-corrected chi connectivity index (χ3v) is 3.00. The third-order valence-electron chi connectivity index (χ3n) is 3.00. The zero-order chi connectivity index (χ0) is 11.6. The Bertz CT molecular complexity index is 375. The van der Waals surface area contributed by atoms with E-state index < -0.39 is 17.2 Å². The van der Waals surface area contributed by atoms with Crippen LogP contribution in [-0.4, -0.2) is 23.8 Å². The molecular weight excluding hydrogens is 212 g/mol. The van der Waals surface area contributed by atoms with Gasteiger partial charge < -0.3 is 10.4 Å². The first-order chi connectivity index (χ1) is 7.61. The van der Waals surface area contributed by atoms with Crippen molar-refractivity contribution < 1.29 is 13.9 Å². The number of rotatable bonds is 2. The number of piperidine rings is 1. The molecule has 0 aromatic heterocycles. The van der Waals surface area contributed by atoms with Gasteiger partial charge in [-0.3, -0.25) is 0 Å². The van der Waals surface area contributed by atoms with Gasteiger partial charge in [0.05, 0.1) is 5.60 Å². The minimum atomic E-state index is -0.952. The van der Waals surface area contributed by atoms with Crippen LogP contribution in [0.1, 0.15) is 18.4 Å². The summed E-state index contributed by atoms with van der Waals surface area (Å²) in [7, 11) is 0. The predicted octanol–water partition coefficient (Wildman–Crippen LogP) is 1.62. The van der Waals surface area contributed by atoms with Crippen LogP contribution >= 0.6 is 0 Å². The Labute approximate surface area is 93.3 Å². The van der Waals surface area contributed by atoms with Crippen molar-refractivity contribution in [2.45, 2.75) is 24.9 Å². The second kappa shape index (κ2) is 4.47. The van der Waals surface area contributed by atoms with Gasteiger partial charge in [0.15, 0.2) is 11.6 Å². The van der Waals surface area contributed by atoms with Crippen molar-refractivity contribution in [1.82, 2.24) is 5.32 Å². The number of hydrogen-bond donors (Lipinski definition) is 2. The van der Waals surface area contributed by atoms with Crippen molar-refractivity contribution in [2.75, 3.05) is 13.1 Å². The average Bonchev–Trinajstić information content (AvgIpc) is 2.26. The minimum absolute atomic E-state index is 0.156. The van der Waals surface area contributed by atoms with Crippen LogP contribution in [0.2, 0.25) is 0 Å². The SMILES string of the molecule is OC1(Cc2cccc(F)c2F)CCCNC1. The van der Waals surface area contributed by atoms with Crippen LogP contribution in [0.25, 0.3) is 0 Å². The molecule has 0 amide bonds. The van der Waals surface area contributed by atoms with Crippen molar-refractivity contribution in [1.29, 1.82) is 0 Å². The van der Waals surface area contributed by atoms with E-state index in [1.54, 1.807) is 0 Å². The molecule has 1 heterocycles. The minimum Gasteiger partial charge on any atom is -0.388 e. The van der Waals surface area contributed by atoms with E-state index in [9.17, 15) is 13.9 Å². The van der Waals surface area contributed by atoms with Gasteiger partial charge in [-0.25, -0.2) is 8.78 Å². The van der Waals surface area contributed by atoms with E-state index in [1.807, 2.05) is 0 Å². The van der Waals surface area contributed by atoms with Gasteiger partial charge in [-0.1, -0.05) is 12.1 Å². The van der Waals surface area contributed by atoms with Crippen LogP contribution in [0.3, 0.4) is 0 Å². The number of halogens is 2. The lowest BCUT2D eigenvalue weighted by Crippen LogP contribution is -2.47. The van der Waals surface area contributed by atoms with E-state index >= 15 is 0 Å². The topological polar surface area (TPSA) is 32.3 Å². The molecular formula is C12H15F2NO. The van der Waals surface area contributed by atoms with Crippen LogP contribution in [0.4, 0.5) is 8.78 Å². The van der Waals surface area contributed by atoms with Crippen LogP contribution in [0, 0.1) is 11.6 Å². The van der Waals surface area contributed by atoms with Gasteiger partial charge in [-0.15, -0.1) is 0 Å². The molecule has 1 unspecified atom stereocenters. The second-order valence-electron chi connectivity index (χ2n) is 4.39. The fraction of sp³-hybridized carbons (Fsp3) is 0.500. The van der Waals surface area contributed by atoms with E-state index in [2.05, 4.69) is 5.32 Å². The Hall–Kier alpha value is -1.00. The molecule has 1 saturated heterocycles. The van der Waals surface area contributed by atoms with E-state index in [0.717, 1.165) is 19.0 Å². The zero-order valence-corrected chi connectivity index (χ0v) is 8.97. The van der Waals surface area contributed by atoms with Gasteiger partial charge in [0.1, 0.15) is 0 Å². The number of hydrogen-bond acceptors (Lipinski definition) is 2. The first kappa shape index (κ1) is 11.5. The van der Waals surface area contributed by atoms with Crippen molar-refractivity contribution in [3.05, 3.63) is 35.4 Å². The van der Waals surface area contributed by atoms with Gasteiger partial charge >= 0.3 is 0 Å². The third kappa shape index (κ3) is 2.39. The molecule has 1 fully saturated rings. The van der Waals surface area contributed by atoms with Gasteiger partial charge in [0.2, 0.25) is 0 Å². The Morgan fingerprint density at radius 2 is 2.19 bits per heavy atom. The molecule has 0 radical (unpaired) electrons. The van der Waals surface area contributed by atoms with Crippen molar-refractivity contribution in [3.8, 4) is 0 Å². The normalized spacial score (nSPS) is 25.7. The second-order valence-corrected chi connectivity index (χ2v) is 4.39. The number of nitrogens with one attached hydrogen (secondary N) is 1. The van der Waals surface area contributed by atoms with Crippen molar-refractivity contribution >= 4 is 0 Å². The van der Waals surface area contributed by atoms with E-state index in [1.165, 1.54) is 12.1 Å². The Morgan fingerprint density at radius 1 is 1.38 bits per heavy atom. The molecule has 0 spiro atoms. The highest BCUT2D eigenvalue weighted by Gasteiger charge is 2.30. The molecule has 4 heteroatoms. The summed E-state index contributed by atoms with van der Waals surface area (Å²) >= 11 is 0. The number of aliphatic hydroxyl groups is 1.